The van der Waals surface area contributed by atoms with Gasteiger partial charge in [-0.1, -0.05) is 67.6 Å². The molecule has 2 saturated heterocycles. The van der Waals surface area contributed by atoms with Crippen molar-refractivity contribution in [2.45, 2.75) is 69.2 Å². The lowest BCUT2D eigenvalue weighted by Gasteiger charge is -2.33. The average molecular weight is 569 g/mol. The van der Waals surface area contributed by atoms with Crippen LogP contribution in [0, 0.1) is 5.92 Å². The third-order valence-electron chi connectivity index (χ3n) is 7.80. The maximum atomic E-state index is 14.0. The average Bonchev–Trinajstić information content (AvgIpc) is 3.33. The van der Waals surface area contributed by atoms with Gasteiger partial charge in [-0.25, -0.2) is 0 Å². The zero-order valence-electron chi connectivity index (χ0n) is 22.7. The number of nitrogens with one attached hydrogen (secondary N) is 2. The van der Waals surface area contributed by atoms with E-state index in [9.17, 15) is 14.4 Å². The number of benzene rings is 2. The van der Waals surface area contributed by atoms with Crippen LogP contribution in [0.15, 0.2) is 65.7 Å². The summed E-state index contributed by atoms with van der Waals surface area (Å²) in [4.78, 5) is 46.5. The summed E-state index contributed by atoms with van der Waals surface area (Å²) in [6.45, 7) is 2.00. The normalized spacial score (nSPS) is 22.9. The highest BCUT2D eigenvalue weighted by atomic mass is 35.5. The smallest absolute Gasteiger partial charge is 0.246 e. The molecule has 2 heterocycles. The summed E-state index contributed by atoms with van der Waals surface area (Å²) in [5.74, 6) is -1.31. The molecule has 11 heteroatoms. The minimum absolute atomic E-state index is 0. The first-order valence-electron chi connectivity index (χ1n) is 13.6. The van der Waals surface area contributed by atoms with E-state index in [2.05, 4.69) is 15.6 Å². The number of halogens is 1. The Labute approximate surface area is 241 Å². The molecule has 216 valence electrons. The first-order valence-corrected chi connectivity index (χ1v) is 13.6. The monoisotopic (exact) mass is 568 g/mol. The van der Waals surface area contributed by atoms with Gasteiger partial charge in [0, 0.05) is 18.5 Å². The van der Waals surface area contributed by atoms with Gasteiger partial charge in [-0.2, -0.15) is 0 Å². The summed E-state index contributed by atoms with van der Waals surface area (Å²) in [6, 6.07) is 16.8. The first-order chi connectivity index (χ1) is 18.8. The maximum Gasteiger partial charge on any atom is 0.246 e. The Morgan fingerprint density at radius 2 is 1.55 bits per heavy atom. The summed E-state index contributed by atoms with van der Waals surface area (Å²) < 4.78 is 0. The van der Waals surface area contributed by atoms with Gasteiger partial charge in [0.2, 0.25) is 17.7 Å². The molecule has 2 aromatic carbocycles. The van der Waals surface area contributed by atoms with Gasteiger partial charge in [-0.15, -0.1) is 0 Å². The lowest BCUT2D eigenvalue weighted by Crippen LogP contribution is -3.00. The van der Waals surface area contributed by atoms with Gasteiger partial charge in [0.05, 0.1) is 12.1 Å². The van der Waals surface area contributed by atoms with Gasteiger partial charge >= 0.3 is 0 Å². The number of hydrogen-bond donors (Lipinski definition) is 5. The zero-order valence-corrected chi connectivity index (χ0v) is 23.5. The van der Waals surface area contributed by atoms with Gasteiger partial charge in [-0.05, 0) is 43.2 Å². The van der Waals surface area contributed by atoms with Crippen molar-refractivity contribution in [3.63, 3.8) is 0 Å². The van der Waals surface area contributed by atoms with E-state index in [0.29, 0.717) is 32.1 Å². The van der Waals surface area contributed by atoms with Gasteiger partial charge in [0.15, 0.2) is 5.96 Å². The summed E-state index contributed by atoms with van der Waals surface area (Å²) in [5, 5.41) is 6.06. The van der Waals surface area contributed by atoms with E-state index in [4.69, 9.17) is 17.2 Å². The summed E-state index contributed by atoms with van der Waals surface area (Å²) >= 11 is 0. The van der Waals surface area contributed by atoms with Crippen LogP contribution in [0.3, 0.4) is 0 Å². The fourth-order valence-corrected chi connectivity index (χ4v) is 5.63. The minimum Gasteiger partial charge on any atom is -1.00 e. The Bertz CT molecular complexity index is 1140. The Hall–Kier alpha value is -3.63. The highest BCUT2D eigenvalue weighted by Gasteiger charge is 2.47. The molecule has 0 radical (unpaired) electrons. The fraction of sp³-hybridized carbons (Fsp3) is 0.448. The summed E-state index contributed by atoms with van der Waals surface area (Å²) in [7, 11) is 0. The molecule has 2 aliphatic heterocycles. The van der Waals surface area contributed by atoms with Crippen LogP contribution in [0.1, 0.15) is 56.2 Å². The van der Waals surface area contributed by atoms with Gasteiger partial charge < -0.3 is 45.1 Å². The second-order valence-electron chi connectivity index (χ2n) is 10.4. The number of nitrogens with zero attached hydrogens (tertiary/aromatic N) is 2. The Morgan fingerprint density at radius 3 is 2.10 bits per heavy atom. The van der Waals surface area contributed by atoms with Crippen LogP contribution in [0.2, 0.25) is 0 Å². The van der Waals surface area contributed by atoms with Crippen molar-refractivity contribution in [2.75, 3.05) is 6.54 Å². The Balaban J connectivity index is 0.00000441. The van der Waals surface area contributed by atoms with Gasteiger partial charge in [-0.3, -0.25) is 19.4 Å². The van der Waals surface area contributed by atoms with Crippen molar-refractivity contribution in [2.24, 2.45) is 28.1 Å². The third kappa shape index (κ3) is 7.11. The van der Waals surface area contributed by atoms with Crippen LogP contribution >= 0.6 is 0 Å². The molecule has 8 N–H and O–H groups in total. The topological polar surface area (TPSA) is 169 Å². The number of nitrogens with two attached hydrogens (primary N) is 3. The van der Waals surface area contributed by atoms with Crippen LogP contribution in [0.5, 0.6) is 0 Å². The molecule has 0 aromatic heterocycles. The van der Waals surface area contributed by atoms with E-state index in [1.165, 1.54) is 0 Å². The highest BCUT2D eigenvalue weighted by molar-refractivity contribution is 5.94. The molecule has 2 fully saturated rings. The number of amides is 3. The zero-order chi connectivity index (χ0) is 27.9. The molecule has 0 spiro atoms. The standard InChI is InChI=1S/C29H39N7O3.ClH/c1-2-22(30)26(37)35-25-20(17-33-29(31)32)13-14-21-15-16-23(36(21)28(25)39)27(38)34-24(18-9-5-3-6-10-18)19-11-7-4-8-12-19;/h3-12,20-25H,2,13-17,30H2,1H3,(H,34,38)(H,35,37)(H4,31,32,33);1H/p-1/t20-,21+,22+,23+,25+;/m1./s1. The van der Waals surface area contributed by atoms with E-state index in [0.717, 1.165) is 11.1 Å². The van der Waals surface area contributed by atoms with E-state index < -0.39 is 24.0 Å². The van der Waals surface area contributed by atoms with Crippen molar-refractivity contribution in [1.82, 2.24) is 15.5 Å². The van der Waals surface area contributed by atoms with Crippen molar-refractivity contribution in [1.29, 1.82) is 0 Å². The molecular weight excluding hydrogens is 530 g/mol. The van der Waals surface area contributed by atoms with E-state index in [-0.39, 0.29) is 54.7 Å². The van der Waals surface area contributed by atoms with Gasteiger partial charge in [0.1, 0.15) is 12.1 Å². The van der Waals surface area contributed by atoms with E-state index in [1.807, 2.05) is 67.6 Å². The molecule has 3 amide bonds. The first kappa shape index (κ1) is 30.9. The van der Waals surface area contributed by atoms with E-state index >= 15 is 0 Å². The SMILES string of the molecule is CC[C@H](N)C(=O)N[C@@H]1C(=O)N2[C@@H](CC[C@@H]1CN=C(N)N)CC[C@H]2C(=O)NC(c1ccccc1)c1ccccc1.[Cl-]. The second-order valence-corrected chi connectivity index (χ2v) is 10.4. The maximum absolute atomic E-state index is 14.0. The van der Waals surface area contributed by atoms with Crippen LogP contribution in [0.25, 0.3) is 0 Å². The molecule has 40 heavy (non-hydrogen) atoms. The van der Waals surface area contributed by atoms with Gasteiger partial charge in [0.25, 0.3) is 0 Å². The summed E-state index contributed by atoms with van der Waals surface area (Å²) in [5.41, 5.74) is 19.0. The van der Waals surface area contributed by atoms with Crippen molar-refractivity contribution in [3.05, 3.63) is 71.8 Å². The quantitative estimate of drug-likeness (QED) is 0.176. The highest BCUT2D eigenvalue weighted by Crippen LogP contribution is 2.35. The van der Waals surface area contributed by atoms with Crippen LogP contribution in [-0.4, -0.2) is 59.3 Å². The molecule has 2 aliphatic rings. The van der Waals surface area contributed by atoms with Crippen LogP contribution in [-0.2, 0) is 14.4 Å². The second kappa shape index (κ2) is 14.1. The molecule has 10 nitrogen and oxygen atoms in total. The number of carbonyl (C=O) groups is 3. The molecule has 0 bridgehead atoms. The van der Waals surface area contributed by atoms with Crippen LogP contribution < -0.4 is 40.2 Å². The van der Waals surface area contributed by atoms with E-state index in [1.54, 1.807) is 4.90 Å². The largest absolute Gasteiger partial charge is 1.00 e. The number of rotatable bonds is 9. The predicted molar refractivity (Wildman–Crippen MR) is 150 cm³/mol. The number of fused-ring (bicyclic) bond motifs is 1. The molecule has 2 aromatic rings. The van der Waals surface area contributed by atoms with Crippen molar-refractivity contribution < 1.29 is 26.8 Å². The predicted octanol–water partition coefficient (Wildman–Crippen LogP) is -1.84. The molecule has 4 rings (SSSR count). The number of guanidine groups is 1. The molecule has 5 atom stereocenters. The Morgan fingerprint density at radius 1 is 0.975 bits per heavy atom. The lowest BCUT2D eigenvalue weighted by molar-refractivity contribution is -0.143. The summed E-state index contributed by atoms with van der Waals surface area (Å²) in [6.07, 6.45) is 3.00. The number of aliphatic imine (C=N–C) groups is 1. The van der Waals surface area contributed by atoms with Crippen molar-refractivity contribution >= 4 is 23.7 Å². The molecule has 0 saturated carbocycles. The lowest BCUT2D eigenvalue weighted by atomic mass is 9.93. The third-order valence-corrected chi connectivity index (χ3v) is 7.80. The number of hydrogen-bond acceptors (Lipinski definition) is 5. The van der Waals surface area contributed by atoms with Crippen LogP contribution in [0.4, 0.5) is 0 Å². The Kier molecular flexibility index (Phi) is 10.9. The fourth-order valence-electron chi connectivity index (χ4n) is 5.63. The molecule has 0 unspecified atom stereocenters. The van der Waals surface area contributed by atoms with Crippen molar-refractivity contribution in [3.8, 4) is 0 Å². The minimum atomic E-state index is -0.879. The molecular formula is C29H39ClN7O3-. The molecule has 0 aliphatic carbocycles. The number of carbonyl (C=O) groups excluding carboxylic acids is 3.